The second kappa shape index (κ2) is 10.6. The number of rotatable bonds is 8. The van der Waals surface area contributed by atoms with Gasteiger partial charge in [-0.15, -0.1) is 0 Å². The van der Waals surface area contributed by atoms with Crippen molar-refractivity contribution in [2.45, 2.75) is 11.4 Å². The smallest absolute Gasteiger partial charge is 0.243 e. The maximum atomic E-state index is 13.3. The number of hydrogen-bond acceptors (Lipinski definition) is 4. The molecule has 0 fully saturated rings. The summed E-state index contributed by atoms with van der Waals surface area (Å²) in [6.45, 7) is -0.598. The van der Waals surface area contributed by atoms with Gasteiger partial charge in [-0.3, -0.25) is 4.79 Å². The van der Waals surface area contributed by atoms with Crippen molar-refractivity contribution in [3.63, 3.8) is 0 Å². The van der Waals surface area contributed by atoms with Crippen molar-refractivity contribution < 1.29 is 17.9 Å². The van der Waals surface area contributed by atoms with Gasteiger partial charge in [0.15, 0.2) is 0 Å². The van der Waals surface area contributed by atoms with Gasteiger partial charge < -0.3 is 10.1 Å². The minimum absolute atomic E-state index is 0.0539. The normalized spacial score (nSPS) is 11.4. The molecule has 0 atom stereocenters. The number of amides is 1. The predicted octanol–water partition coefficient (Wildman–Crippen LogP) is 5.49. The molecule has 0 bridgehead atoms. The Bertz CT molecular complexity index is 1220. The van der Waals surface area contributed by atoms with Crippen molar-refractivity contribution in [1.82, 2.24) is 4.31 Å². The van der Waals surface area contributed by atoms with Crippen LogP contribution in [0.25, 0.3) is 0 Å². The molecule has 0 spiro atoms. The lowest BCUT2D eigenvalue weighted by molar-refractivity contribution is -0.116. The lowest BCUT2D eigenvalue weighted by atomic mass is 10.2. The molecule has 0 aliphatic heterocycles. The number of benzene rings is 3. The van der Waals surface area contributed by atoms with E-state index in [0.29, 0.717) is 32.1 Å². The van der Waals surface area contributed by atoms with E-state index in [1.165, 1.54) is 31.4 Å². The molecule has 0 saturated carbocycles. The van der Waals surface area contributed by atoms with E-state index in [-0.39, 0.29) is 11.4 Å². The number of carbonyl (C=O) groups excluding carboxylic acids is 1. The standard InChI is InChI=1S/C22H19Cl3N2O4S/c1-31-21-10-9-17(24)12-20(21)26-22(28)14-27(13-15-7-8-16(23)11-19(15)25)32(29,30)18-5-3-2-4-6-18/h2-12H,13-14H2,1H3,(H,26,28). The summed E-state index contributed by atoms with van der Waals surface area (Å²) in [6.07, 6.45) is 0. The molecule has 10 heteroatoms. The van der Waals surface area contributed by atoms with Crippen molar-refractivity contribution in [3.05, 3.63) is 87.4 Å². The van der Waals surface area contributed by atoms with Crippen LogP contribution in [0.15, 0.2) is 71.6 Å². The highest BCUT2D eigenvalue weighted by Gasteiger charge is 2.28. The Morgan fingerprint density at radius 1 is 0.969 bits per heavy atom. The number of ether oxygens (including phenoxy) is 1. The summed E-state index contributed by atoms with van der Waals surface area (Å²) >= 11 is 18.2. The SMILES string of the molecule is COc1ccc(Cl)cc1NC(=O)CN(Cc1ccc(Cl)cc1Cl)S(=O)(=O)c1ccccc1. The highest BCUT2D eigenvalue weighted by molar-refractivity contribution is 7.89. The van der Waals surface area contributed by atoms with Gasteiger partial charge in [-0.1, -0.05) is 59.1 Å². The number of sulfonamides is 1. The molecule has 0 radical (unpaired) electrons. The molecule has 0 saturated heterocycles. The molecule has 3 aromatic rings. The molecular weight excluding hydrogens is 495 g/mol. The number of halogens is 3. The number of hydrogen-bond donors (Lipinski definition) is 1. The molecule has 168 valence electrons. The van der Waals surface area contributed by atoms with E-state index in [0.717, 1.165) is 4.31 Å². The van der Waals surface area contributed by atoms with Crippen molar-refractivity contribution in [2.75, 3.05) is 19.0 Å². The first-order valence-electron chi connectivity index (χ1n) is 9.33. The van der Waals surface area contributed by atoms with Crippen molar-refractivity contribution >= 4 is 56.4 Å². The average Bonchev–Trinajstić information content (AvgIpc) is 2.75. The predicted molar refractivity (Wildman–Crippen MR) is 127 cm³/mol. The maximum Gasteiger partial charge on any atom is 0.243 e. The lowest BCUT2D eigenvalue weighted by Crippen LogP contribution is -2.37. The zero-order valence-electron chi connectivity index (χ0n) is 16.9. The number of carbonyl (C=O) groups is 1. The minimum atomic E-state index is -4.01. The summed E-state index contributed by atoms with van der Waals surface area (Å²) in [5, 5.41) is 3.76. The van der Waals surface area contributed by atoms with E-state index in [1.807, 2.05) is 0 Å². The highest BCUT2D eigenvalue weighted by Crippen LogP contribution is 2.28. The molecular formula is C22H19Cl3N2O4S. The Balaban J connectivity index is 1.92. The summed E-state index contributed by atoms with van der Waals surface area (Å²) in [5.74, 6) is -0.184. The summed E-state index contributed by atoms with van der Waals surface area (Å²) < 4.78 is 32.9. The van der Waals surface area contributed by atoms with Crippen LogP contribution in [0, 0.1) is 0 Å². The van der Waals surface area contributed by atoms with Crippen molar-refractivity contribution in [3.8, 4) is 5.75 Å². The van der Waals surface area contributed by atoms with Crippen molar-refractivity contribution in [2.24, 2.45) is 0 Å². The lowest BCUT2D eigenvalue weighted by Gasteiger charge is -2.23. The quantitative estimate of drug-likeness (QED) is 0.432. The van der Waals surface area contributed by atoms with Crippen LogP contribution in [0.3, 0.4) is 0 Å². The van der Waals surface area contributed by atoms with Gasteiger partial charge in [0.2, 0.25) is 15.9 Å². The van der Waals surface area contributed by atoms with E-state index in [1.54, 1.807) is 42.5 Å². The van der Waals surface area contributed by atoms with Crippen LogP contribution in [0.5, 0.6) is 5.75 Å². The highest BCUT2D eigenvalue weighted by atomic mass is 35.5. The Labute approximate surface area is 201 Å². The summed E-state index contributed by atoms with van der Waals surface area (Å²) in [5.41, 5.74) is 0.829. The summed E-state index contributed by atoms with van der Waals surface area (Å²) in [6, 6.07) is 17.3. The number of nitrogens with zero attached hydrogens (tertiary/aromatic N) is 1. The topological polar surface area (TPSA) is 75.7 Å². The Morgan fingerprint density at radius 2 is 1.62 bits per heavy atom. The van der Waals surface area contributed by atoms with E-state index >= 15 is 0 Å². The first kappa shape index (κ1) is 24.4. The molecule has 3 aromatic carbocycles. The third kappa shape index (κ3) is 5.94. The molecule has 0 aliphatic carbocycles. The molecule has 6 nitrogen and oxygen atoms in total. The first-order chi connectivity index (χ1) is 15.2. The van der Waals surface area contributed by atoms with Gasteiger partial charge in [0.1, 0.15) is 5.75 Å². The van der Waals surface area contributed by atoms with Crippen LogP contribution in [0.2, 0.25) is 15.1 Å². The first-order valence-corrected chi connectivity index (χ1v) is 11.9. The molecule has 1 N–H and O–H groups in total. The van der Waals surface area contributed by atoms with Gasteiger partial charge >= 0.3 is 0 Å². The van der Waals surface area contributed by atoms with Gasteiger partial charge in [-0.05, 0) is 48.0 Å². The van der Waals surface area contributed by atoms with E-state index < -0.39 is 22.5 Å². The molecule has 1 amide bonds. The third-order valence-electron chi connectivity index (χ3n) is 4.50. The van der Waals surface area contributed by atoms with Crippen LogP contribution >= 0.6 is 34.8 Å². The number of methoxy groups -OCH3 is 1. The summed E-state index contributed by atoms with van der Waals surface area (Å²) in [7, 11) is -2.56. The van der Waals surface area contributed by atoms with Crippen LogP contribution < -0.4 is 10.1 Å². The zero-order valence-corrected chi connectivity index (χ0v) is 20.0. The van der Waals surface area contributed by atoms with Gasteiger partial charge in [0.25, 0.3) is 0 Å². The van der Waals surface area contributed by atoms with Crippen LogP contribution in [-0.4, -0.2) is 32.3 Å². The third-order valence-corrected chi connectivity index (χ3v) is 7.13. The van der Waals surface area contributed by atoms with E-state index in [4.69, 9.17) is 39.5 Å². The molecule has 0 unspecified atom stereocenters. The Hall–Kier alpha value is -2.29. The maximum absolute atomic E-state index is 13.3. The minimum Gasteiger partial charge on any atom is -0.495 e. The molecule has 0 aliphatic rings. The van der Waals surface area contributed by atoms with Crippen LogP contribution in [0.4, 0.5) is 5.69 Å². The van der Waals surface area contributed by atoms with Crippen LogP contribution in [-0.2, 0) is 21.4 Å². The molecule has 0 aromatic heterocycles. The van der Waals surface area contributed by atoms with Gasteiger partial charge in [0, 0.05) is 21.6 Å². The second-order valence-electron chi connectivity index (χ2n) is 6.71. The fourth-order valence-corrected chi connectivity index (χ4v) is 4.97. The fraction of sp³-hybridized carbons (Fsp3) is 0.136. The Kier molecular flexibility index (Phi) is 8.03. The van der Waals surface area contributed by atoms with Gasteiger partial charge in [0.05, 0.1) is 24.2 Å². The molecule has 3 rings (SSSR count). The largest absolute Gasteiger partial charge is 0.495 e. The molecule has 0 heterocycles. The number of anilines is 1. The second-order valence-corrected chi connectivity index (χ2v) is 9.93. The monoisotopic (exact) mass is 512 g/mol. The van der Waals surface area contributed by atoms with Crippen LogP contribution in [0.1, 0.15) is 5.56 Å². The zero-order chi connectivity index (χ0) is 23.3. The van der Waals surface area contributed by atoms with Gasteiger partial charge in [-0.2, -0.15) is 4.31 Å². The van der Waals surface area contributed by atoms with E-state index in [2.05, 4.69) is 5.32 Å². The summed E-state index contributed by atoms with van der Waals surface area (Å²) in [4.78, 5) is 12.9. The van der Waals surface area contributed by atoms with Gasteiger partial charge in [-0.25, -0.2) is 8.42 Å². The number of nitrogens with one attached hydrogen (secondary N) is 1. The molecule has 32 heavy (non-hydrogen) atoms. The Morgan fingerprint density at radius 3 is 2.28 bits per heavy atom. The van der Waals surface area contributed by atoms with Crippen molar-refractivity contribution in [1.29, 1.82) is 0 Å². The fourth-order valence-electron chi connectivity index (χ4n) is 2.94. The van der Waals surface area contributed by atoms with E-state index in [9.17, 15) is 13.2 Å². The average molecular weight is 514 g/mol.